The van der Waals surface area contributed by atoms with E-state index in [1.807, 2.05) is 0 Å². The first-order chi connectivity index (χ1) is 13.5. The molecule has 5 aromatic carbocycles. The van der Waals surface area contributed by atoms with E-state index >= 15 is 0 Å². The smallest absolute Gasteiger partial charge is 0.00927 e. The number of fused-ring (bicyclic) bond motifs is 6. The van der Waals surface area contributed by atoms with Gasteiger partial charge in [0.2, 0.25) is 0 Å². The van der Waals surface area contributed by atoms with Crippen LogP contribution in [0.1, 0.15) is 26.3 Å². The number of hydrogen-bond acceptors (Lipinski definition) is 0. The fourth-order valence-electron chi connectivity index (χ4n) is 4.23. The summed E-state index contributed by atoms with van der Waals surface area (Å²) in [5, 5.41) is 8.00. The normalized spacial score (nSPS) is 12.1. The van der Waals surface area contributed by atoms with Gasteiger partial charge in [0.15, 0.2) is 0 Å². The topological polar surface area (TPSA) is 0 Å². The van der Waals surface area contributed by atoms with Crippen molar-refractivity contribution in [2.45, 2.75) is 26.2 Å². The maximum atomic E-state index is 2.40. The van der Waals surface area contributed by atoms with Gasteiger partial charge >= 0.3 is 0 Å². The van der Waals surface area contributed by atoms with E-state index in [4.69, 9.17) is 0 Å². The summed E-state index contributed by atoms with van der Waals surface area (Å²) in [5.41, 5.74) is 4.04. The predicted molar refractivity (Wildman–Crippen MR) is 123 cm³/mol. The Morgan fingerprint density at radius 2 is 0.964 bits per heavy atom. The summed E-state index contributed by atoms with van der Waals surface area (Å²) in [7, 11) is 0. The van der Waals surface area contributed by atoms with Gasteiger partial charge in [-0.15, -0.1) is 0 Å². The highest BCUT2D eigenvalue weighted by atomic mass is 14.2. The molecule has 0 bridgehead atoms. The van der Waals surface area contributed by atoms with E-state index in [1.54, 1.807) is 0 Å². The monoisotopic (exact) mass is 360 g/mol. The first-order valence-electron chi connectivity index (χ1n) is 9.96. The molecule has 0 spiro atoms. The summed E-state index contributed by atoms with van der Waals surface area (Å²) in [5.74, 6) is 0. The van der Waals surface area contributed by atoms with Gasteiger partial charge in [-0.3, -0.25) is 0 Å². The molecule has 136 valence electrons. The van der Waals surface area contributed by atoms with Crippen molar-refractivity contribution in [1.82, 2.24) is 0 Å². The Morgan fingerprint density at radius 1 is 0.429 bits per heavy atom. The van der Waals surface area contributed by atoms with Gasteiger partial charge in [-0.1, -0.05) is 99.6 Å². The third-order valence-electron chi connectivity index (χ3n) is 5.81. The van der Waals surface area contributed by atoms with Gasteiger partial charge in [0.05, 0.1) is 0 Å². The van der Waals surface area contributed by atoms with Gasteiger partial charge in [-0.2, -0.15) is 0 Å². The molecule has 0 N–H and O–H groups in total. The highest BCUT2D eigenvalue weighted by Gasteiger charge is 2.16. The third-order valence-corrected chi connectivity index (χ3v) is 5.81. The largest absolute Gasteiger partial charge is 0.0622 e. The van der Waals surface area contributed by atoms with Crippen LogP contribution >= 0.6 is 0 Å². The zero-order valence-corrected chi connectivity index (χ0v) is 16.7. The van der Waals surface area contributed by atoms with Crippen LogP contribution in [0, 0.1) is 0 Å². The molecule has 0 unspecified atom stereocenters. The minimum atomic E-state index is 0.128. The van der Waals surface area contributed by atoms with E-state index in [2.05, 4.69) is 112 Å². The Kier molecular flexibility index (Phi) is 3.77. The fourth-order valence-corrected chi connectivity index (χ4v) is 4.23. The molecule has 0 atom stereocenters. The van der Waals surface area contributed by atoms with Gasteiger partial charge < -0.3 is 0 Å². The average molecular weight is 361 g/mol. The molecule has 0 saturated carbocycles. The quantitative estimate of drug-likeness (QED) is 0.265. The van der Waals surface area contributed by atoms with E-state index in [0.29, 0.717) is 0 Å². The van der Waals surface area contributed by atoms with Crippen LogP contribution in [0.5, 0.6) is 0 Å². The van der Waals surface area contributed by atoms with E-state index < -0.39 is 0 Å². The van der Waals surface area contributed by atoms with Crippen molar-refractivity contribution in [1.29, 1.82) is 0 Å². The van der Waals surface area contributed by atoms with Crippen molar-refractivity contribution < 1.29 is 0 Å². The SMILES string of the molecule is CC(C)(C)c1ccc2c3ccccc3c3ccc(-c4ccccc4)cc3c2c1. The van der Waals surface area contributed by atoms with Crippen molar-refractivity contribution in [2.75, 3.05) is 0 Å². The van der Waals surface area contributed by atoms with E-state index in [1.165, 1.54) is 49.0 Å². The molecular formula is C28H24. The Bertz CT molecular complexity index is 1320. The van der Waals surface area contributed by atoms with Crippen molar-refractivity contribution in [3.05, 3.63) is 96.6 Å². The molecule has 0 aliphatic rings. The number of rotatable bonds is 1. The molecule has 0 heterocycles. The van der Waals surface area contributed by atoms with Crippen molar-refractivity contribution in [3.63, 3.8) is 0 Å². The molecule has 0 aliphatic carbocycles. The molecule has 0 amide bonds. The minimum absolute atomic E-state index is 0.128. The molecule has 28 heavy (non-hydrogen) atoms. The van der Waals surface area contributed by atoms with Crippen LogP contribution in [0.2, 0.25) is 0 Å². The van der Waals surface area contributed by atoms with Crippen LogP contribution in [-0.2, 0) is 5.41 Å². The number of hydrogen-bond donors (Lipinski definition) is 0. The van der Waals surface area contributed by atoms with Crippen molar-refractivity contribution >= 4 is 32.3 Å². The summed E-state index contributed by atoms with van der Waals surface area (Å²) >= 11 is 0. The predicted octanol–water partition coefficient (Wildman–Crippen LogP) is 8.11. The summed E-state index contributed by atoms with van der Waals surface area (Å²) in [4.78, 5) is 0. The van der Waals surface area contributed by atoms with E-state index in [0.717, 1.165) is 0 Å². The Morgan fingerprint density at radius 3 is 1.61 bits per heavy atom. The fraction of sp³-hybridized carbons (Fsp3) is 0.143. The summed E-state index contributed by atoms with van der Waals surface area (Å²) in [6, 6.07) is 33.4. The molecule has 0 aliphatic heterocycles. The second-order valence-corrected chi connectivity index (χ2v) is 8.68. The molecule has 0 heteroatoms. The second-order valence-electron chi connectivity index (χ2n) is 8.68. The molecule has 0 fully saturated rings. The van der Waals surface area contributed by atoms with Crippen LogP contribution in [0.4, 0.5) is 0 Å². The first kappa shape index (κ1) is 17.0. The summed E-state index contributed by atoms with van der Waals surface area (Å²) in [6.45, 7) is 6.85. The zero-order chi connectivity index (χ0) is 19.3. The highest BCUT2D eigenvalue weighted by molar-refractivity contribution is 6.25. The average Bonchev–Trinajstić information content (AvgIpc) is 2.73. The molecule has 5 rings (SSSR count). The first-order valence-corrected chi connectivity index (χ1v) is 9.96. The molecule has 5 aromatic rings. The van der Waals surface area contributed by atoms with Crippen molar-refractivity contribution in [3.8, 4) is 11.1 Å². The van der Waals surface area contributed by atoms with Gasteiger partial charge in [0.25, 0.3) is 0 Å². The molecular weight excluding hydrogens is 336 g/mol. The van der Waals surface area contributed by atoms with Gasteiger partial charge in [0.1, 0.15) is 0 Å². The third kappa shape index (κ3) is 2.68. The molecule has 0 nitrogen and oxygen atoms in total. The summed E-state index contributed by atoms with van der Waals surface area (Å²) in [6.07, 6.45) is 0. The molecule has 0 aromatic heterocycles. The maximum Gasteiger partial charge on any atom is -0.00927 e. The minimum Gasteiger partial charge on any atom is -0.0622 e. The molecule has 0 saturated heterocycles. The van der Waals surface area contributed by atoms with Crippen LogP contribution in [0.3, 0.4) is 0 Å². The maximum absolute atomic E-state index is 2.40. The van der Waals surface area contributed by atoms with E-state index in [9.17, 15) is 0 Å². The van der Waals surface area contributed by atoms with Crippen LogP contribution in [0.15, 0.2) is 91.0 Å². The Hall–Kier alpha value is -3.12. The van der Waals surface area contributed by atoms with Gasteiger partial charge in [-0.25, -0.2) is 0 Å². The number of benzene rings is 5. The second kappa shape index (κ2) is 6.21. The van der Waals surface area contributed by atoms with E-state index in [-0.39, 0.29) is 5.41 Å². The lowest BCUT2D eigenvalue weighted by Crippen LogP contribution is -2.10. The Labute approximate surface area is 166 Å². The lowest BCUT2D eigenvalue weighted by molar-refractivity contribution is 0.591. The van der Waals surface area contributed by atoms with Crippen molar-refractivity contribution in [2.24, 2.45) is 0 Å². The Balaban J connectivity index is 1.94. The zero-order valence-electron chi connectivity index (χ0n) is 16.7. The highest BCUT2D eigenvalue weighted by Crippen LogP contribution is 2.38. The van der Waals surface area contributed by atoms with Gasteiger partial charge in [-0.05, 0) is 66.6 Å². The lowest BCUT2D eigenvalue weighted by Gasteiger charge is -2.21. The standard InChI is InChI=1S/C28H24/c1-28(2,3)21-14-16-25-23-12-8-7-11-22(23)24-15-13-20(17-26(24)27(25)18-21)19-9-5-4-6-10-19/h4-18H,1-3H3. The lowest BCUT2D eigenvalue weighted by atomic mass is 9.84. The van der Waals surface area contributed by atoms with Crippen LogP contribution in [0.25, 0.3) is 43.4 Å². The van der Waals surface area contributed by atoms with Gasteiger partial charge in [0, 0.05) is 0 Å². The van der Waals surface area contributed by atoms with Crippen LogP contribution in [-0.4, -0.2) is 0 Å². The molecule has 0 radical (unpaired) electrons. The van der Waals surface area contributed by atoms with Crippen LogP contribution < -0.4 is 0 Å². The summed E-state index contributed by atoms with van der Waals surface area (Å²) < 4.78 is 0.